The van der Waals surface area contributed by atoms with Gasteiger partial charge in [-0.05, 0) is 53.6 Å². The molecule has 5 rings (SSSR count). The summed E-state index contributed by atoms with van der Waals surface area (Å²) in [5.41, 5.74) is 5.43. The number of aromatic nitrogens is 1. The standard InChI is InChI=1S/C27H16ClN3O2/c28-21-11-9-20(10-12-21)25-24(19-7-5-17(14-29)6-8-19)13-18(15-30-25)16-31-26(32)22-3-1-2-4-23(22)27(31)33/h1-13,15H,16H2. The summed E-state index contributed by atoms with van der Waals surface area (Å²) >= 11 is 6.05. The number of pyridine rings is 1. The molecule has 3 aromatic carbocycles. The molecule has 0 saturated heterocycles. The van der Waals surface area contributed by atoms with E-state index in [1.807, 2.05) is 30.3 Å². The zero-order valence-corrected chi connectivity index (χ0v) is 18.1. The number of rotatable bonds is 4. The van der Waals surface area contributed by atoms with Crippen LogP contribution in [0.2, 0.25) is 5.02 Å². The van der Waals surface area contributed by atoms with Crippen LogP contribution in [0.1, 0.15) is 31.8 Å². The Hall–Kier alpha value is -4.27. The first kappa shape index (κ1) is 20.6. The van der Waals surface area contributed by atoms with Crippen molar-refractivity contribution in [1.29, 1.82) is 5.26 Å². The molecule has 1 aliphatic heterocycles. The fourth-order valence-electron chi connectivity index (χ4n) is 3.94. The molecule has 0 unspecified atom stereocenters. The maximum absolute atomic E-state index is 12.8. The summed E-state index contributed by atoms with van der Waals surface area (Å²) in [7, 11) is 0. The van der Waals surface area contributed by atoms with Gasteiger partial charge >= 0.3 is 0 Å². The lowest BCUT2D eigenvalue weighted by Crippen LogP contribution is -2.29. The molecule has 158 valence electrons. The first-order valence-electron chi connectivity index (χ1n) is 10.3. The normalized spacial score (nSPS) is 12.5. The molecule has 2 amide bonds. The molecule has 0 saturated carbocycles. The van der Waals surface area contributed by atoms with Gasteiger partial charge in [-0.25, -0.2) is 0 Å². The third-order valence-corrected chi connectivity index (χ3v) is 5.86. The van der Waals surface area contributed by atoms with Gasteiger partial charge in [0.1, 0.15) is 0 Å². The molecule has 1 aliphatic rings. The molecule has 4 aromatic rings. The van der Waals surface area contributed by atoms with Crippen LogP contribution in [0.5, 0.6) is 0 Å². The second-order valence-corrected chi connectivity index (χ2v) is 8.11. The number of nitriles is 1. The maximum atomic E-state index is 12.8. The van der Waals surface area contributed by atoms with Crippen molar-refractivity contribution in [2.75, 3.05) is 0 Å². The average molecular weight is 450 g/mol. The third-order valence-electron chi connectivity index (χ3n) is 5.61. The van der Waals surface area contributed by atoms with Crippen LogP contribution in [0.25, 0.3) is 22.4 Å². The Kier molecular flexibility index (Phi) is 5.21. The molecule has 0 spiro atoms. The van der Waals surface area contributed by atoms with Crippen molar-refractivity contribution in [1.82, 2.24) is 9.88 Å². The molecule has 1 aromatic heterocycles. The van der Waals surface area contributed by atoms with Crippen molar-refractivity contribution in [2.24, 2.45) is 0 Å². The lowest BCUT2D eigenvalue weighted by atomic mass is 9.97. The van der Waals surface area contributed by atoms with E-state index in [-0.39, 0.29) is 18.4 Å². The topological polar surface area (TPSA) is 74.1 Å². The zero-order chi connectivity index (χ0) is 22.9. The Labute approximate surface area is 195 Å². The first-order chi connectivity index (χ1) is 16.0. The number of fused-ring (bicyclic) bond motifs is 1. The summed E-state index contributed by atoms with van der Waals surface area (Å²) in [5.74, 6) is -0.616. The maximum Gasteiger partial charge on any atom is 0.261 e. The SMILES string of the molecule is N#Cc1ccc(-c2cc(CN3C(=O)c4ccccc4C3=O)cnc2-c2ccc(Cl)cc2)cc1. The highest BCUT2D eigenvalue weighted by Crippen LogP contribution is 2.33. The molecule has 33 heavy (non-hydrogen) atoms. The molecular weight excluding hydrogens is 434 g/mol. The number of hydrogen-bond donors (Lipinski definition) is 0. The number of benzene rings is 3. The van der Waals surface area contributed by atoms with E-state index in [0.29, 0.717) is 21.7 Å². The van der Waals surface area contributed by atoms with Gasteiger partial charge in [-0.1, -0.05) is 48.0 Å². The Bertz CT molecular complexity index is 1400. The fraction of sp³-hybridized carbons (Fsp3) is 0.0370. The number of amides is 2. The van der Waals surface area contributed by atoms with Gasteiger partial charge < -0.3 is 0 Å². The second kappa shape index (κ2) is 8.34. The molecule has 0 atom stereocenters. The van der Waals surface area contributed by atoms with Gasteiger partial charge in [0.15, 0.2) is 0 Å². The van der Waals surface area contributed by atoms with Crippen LogP contribution in [-0.4, -0.2) is 21.7 Å². The van der Waals surface area contributed by atoms with E-state index >= 15 is 0 Å². The molecule has 6 heteroatoms. The van der Waals surface area contributed by atoms with Gasteiger partial charge in [0.05, 0.1) is 35.0 Å². The van der Waals surface area contributed by atoms with Crippen LogP contribution in [0.3, 0.4) is 0 Å². The number of carbonyl (C=O) groups excluding carboxylic acids is 2. The van der Waals surface area contributed by atoms with Gasteiger partial charge in [-0.3, -0.25) is 19.5 Å². The van der Waals surface area contributed by atoms with Crippen LogP contribution in [0.4, 0.5) is 0 Å². The lowest BCUT2D eigenvalue weighted by molar-refractivity contribution is 0.0642. The third kappa shape index (κ3) is 3.78. The molecule has 0 aliphatic carbocycles. The zero-order valence-electron chi connectivity index (χ0n) is 17.3. The van der Waals surface area contributed by atoms with Crippen molar-refractivity contribution in [3.05, 3.63) is 112 Å². The number of carbonyl (C=O) groups is 2. The van der Waals surface area contributed by atoms with Crippen LogP contribution < -0.4 is 0 Å². The highest BCUT2D eigenvalue weighted by molar-refractivity contribution is 6.30. The first-order valence-corrected chi connectivity index (χ1v) is 10.6. The fourth-order valence-corrected chi connectivity index (χ4v) is 4.07. The summed E-state index contributed by atoms with van der Waals surface area (Å²) in [4.78, 5) is 31.5. The lowest BCUT2D eigenvalue weighted by Gasteiger charge is -2.16. The molecular formula is C27H16ClN3O2. The largest absolute Gasteiger partial charge is 0.270 e. The Morgan fingerprint density at radius 1 is 0.818 bits per heavy atom. The van der Waals surface area contributed by atoms with E-state index in [1.54, 1.807) is 54.7 Å². The molecule has 0 radical (unpaired) electrons. The van der Waals surface area contributed by atoms with E-state index in [4.69, 9.17) is 16.9 Å². The molecule has 0 N–H and O–H groups in total. The van der Waals surface area contributed by atoms with Crippen molar-refractivity contribution in [2.45, 2.75) is 6.54 Å². The number of imide groups is 1. The van der Waals surface area contributed by atoms with Gasteiger partial charge in [0.25, 0.3) is 11.8 Å². The number of halogens is 1. The van der Waals surface area contributed by atoms with E-state index < -0.39 is 0 Å². The van der Waals surface area contributed by atoms with Crippen molar-refractivity contribution >= 4 is 23.4 Å². The summed E-state index contributed by atoms with van der Waals surface area (Å²) in [6, 6.07) is 25.5. The summed E-state index contributed by atoms with van der Waals surface area (Å²) in [6.45, 7) is 0.115. The Morgan fingerprint density at radius 3 is 2.03 bits per heavy atom. The Balaban J connectivity index is 1.56. The highest BCUT2D eigenvalue weighted by atomic mass is 35.5. The monoisotopic (exact) mass is 449 g/mol. The highest BCUT2D eigenvalue weighted by Gasteiger charge is 2.35. The van der Waals surface area contributed by atoms with Gasteiger partial charge in [0, 0.05) is 22.3 Å². The van der Waals surface area contributed by atoms with E-state index in [1.165, 1.54) is 4.90 Å². The number of nitrogens with zero attached hydrogens (tertiary/aromatic N) is 3. The predicted molar refractivity (Wildman–Crippen MR) is 125 cm³/mol. The van der Waals surface area contributed by atoms with Crippen molar-refractivity contribution in [3.8, 4) is 28.5 Å². The molecule has 0 fully saturated rings. The quantitative estimate of drug-likeness (QED) is 0.372. The smallest absolute Gasteiger partial charge is 0.261 e. The minimum atomic E-state index is -0.308. The van der Waals surface area contributed by atoms with Gasteiger partial charge in [0.2, 0.25) is 0 Å². The minimum absolute atomic E-state index is 0.115. The van der Waals surface area contributed by atoms with Gasteiger partial charge in [-0.2, -0.15) is 5.26 Å². The summed E-state index contributed by atoms with van der Waals surface area (Å²) in [5, 5.41) is 9.77. The van der Waals surface area contributed by atoms with Crippen molar-refractivity contribution < 1.29 is 9.59 Å². The molecule has 2 heterocycles. The predicted octanol–water partition coefficient (Wildman–Crippen LogP) is 5.74. The van der Waals surface area contributed by atoms with E-state index in [0.717, 1.165) is 27.9 Å². The van der Waals surface area contributed by atoms with Crippen LogP contribution in [0, 0.1) is 11.3 Å². The number of hydrogen-bond acceptors (Lipinski definition) is 4. The van der Waals surface area contributed by atoms with Crippen molar-refractivity contribution in [3.63, 3.8) is 0 Å². The summed E-state index contributed by atoms with van der Waals surface area (Å²) in [6.07, 6.45) is 1.68. The van der Waals surface area contributed by atoms with Crippen LogP contribution in [0.15, 0.2) is 85.1 Å². The van der Waals surface area contributed by atoms with Crippen LogP contribution >= 0.6 is 11.6 Å². The average Bonchev–Trinajstić information content (AvgIpc) is 3.10. The second-order valence-electron chi connectivity index (χ2n) is 7.68. The Morgan fingerprint density at radius 2 is 1.42 bits per heavy atom. The van der Waals surface area contributed by atoms with Crippen LogP contribution in [-0.2, 0) is 6.54 Å². The molecule has 0 bridgehead atoms. The van der Waals surface area contributed by atoms with E-state index in [9.17, 15) is 9.59 Å². The molecule has 5 nitrogen and oxygen atoms in total. The minimum Gasteiger partial charge on any atom is -0.270 e. The van der Waals surface area contributed by atoms with E-state index in [2.05, 4.69) is 11.1 Å². The summed E-state index contributed by atoms with van der Waals surface area (Å²) < 4.78 is 0. The van der Waals surface area contributed by atoms with Gasteiger partial charge in [-0.15, -0.1) is 0 Å².